The normalized spacial score (nSPS) is 18.6. The van der Waals surface area contributed by atoms with Crippen molar-refractivity contribution >= 4 is 0 Å². The summed E-state index contributed by atoms with van der Waals surface area (Å²) in [5, 5.41) is 0. The van der Waals surface area contributed by atoms with E-state index >= 15 is 0 Å². The third-order valence-corrected chi connectivity index (χ3v) is 3.68. The van der Waals surface area contributed by atoms with E-state index in [2.05, 4.69) is 0 Å². The second kappa shape index (κ2) is 3.93. The number of nitrogens with two attached hydrogens (primary N) is 1. The minimum atomic E-state index is -0.0442. The zero-order valence-electron chi connectivity index (χ0n) is 9.22. The lowest BCUT2D eigenvalue weighted by Gasteiger charge is -2.41. The molecule has 0 spiro atoms. The van der Waals surface area contributed by atoms with Crippen molar-refractivity contribution in [1.82, 2.24) is 0 Å². The number of hydrogen-bond donors (Lipinski definition) is 1. The fraction of sp³-hybridized carbons (Fsp3) is 0.538. The minimum Gasteiger partial charge on any atom is -0.330 e. The standard InChI is InChI=1S/C13H18FN/c1-10-4-2-5-11(12(10)14)8-13(9-15)6-3-7-13/h2,4-5H,3,6-9,15H2,1H3. The predicted octanol–water partition coefficient (Wildman–Crippen LogP) is 2.81. The highest BCUT2D eigenvalue weighted by molar-refractivity contribution is 5.26. The summed E-state index contributed by atoms with van der Waals surface area (Å²) in [6.07, 6.45) is 4.34. The topological polar surface area (TPSA) is 26.0 Å². The Morgan fingerprint density at radius 1 is 1.40 bits per heavy atom. The molecule has 1 aliphatic rings. The molecule has 1 aliphatic carbocycles. The largest absolute Gasteiger partial charge is 0.330 e. The second-order valence-electron chi connectivity index (χ2n) is 4.78. The van der Waals surface area contributed by atoms with Crippen LogP contribution in [-0.4, -0.2) is 6.54 Å². The zero-order valence-corrected chi connectivity index (χ0v) is 9.22. The second-order valence-corrected chi connectivity index (χ2v) is 4.78. The lowest BCUT2D eigenvalue weighted by Crippen LogP contribution is -2.39. The van der Waals surface area contributed by atoms with Gasteiger partial charge in [0.25, 0.3) is 0 Å². The maximum absolute atomic E-state index is 13.8. The van der Waals surface area contributed by atoms with Crippen LogP contribution >= 0.6 is 0 Å². The number of benzene rings is 1. The van der Waals surface area contributed by atoms with Gasteiger partial charge >= 0.3 is 0 Å². The fourth-order valence-corrected chi connectivity index (χ4v) is 2.38. The van der Waals surface area contributed by atoms with Gasteiger partial charge in [0.1, 0.15) is 5.82 Å². The van der Waals surface area contributed by atoms with Crippen LogP contribution in [0.5, 0.6) is 0 Å². The first-order chi connectivity index (χ1) is 7.17. The molecule has 0 heterocycles. The van der Waals surface area contributed by atoms with Crippen LogP contribution < -0.4 is 5.73 Å². The van der Waals surface area contributed by atoms with E-state index in [1.165, 1.54) is 6.42 Å². The van der Waals surface area contributed by atoms with Crippen LogP contribution in [0, 0.1) is 18.2 Å². The molecule has 0 unspecified atom stereocenters. The Labute approximate surface area is 90.5 Å². The molecule has 2 N–H and O–H groups in total. The molecule has 15 heavy (non-hydrogen) atoms. The van der Waals surface area contributed by atoms with E-state index < -0.39 is 0 Å². The van der Waals surface area contributed by atoms with Gasteiger partial charge in [-0.2, -0.15) is 0 Å². The zero-order chi connectivity index (χ0) is 10.9. The first-order valence-electron chi connectivity index (χ1n) is 5.61. The summed E-state index contributed by atoms with van der Waals surface area (Å²) in [5.41, 5.74) is 7.54. The van der Waals surface area contributed by atoms with E-state index in [-0.39, 0.29) is 11.2 Å². The molecule has 0 saturated heterocycles. The van der Waals surface area contributed by atoms with Crippen LogP contribution in [0.1, 0.15) is 30.4 Å². The third kappa shape index (κ3) is 1.91. The molecule has 0 aliphatic heterocycles. The van der Waals surface area contributed by atoms with Gasteiger partial charge in [-0.15, -0.1) is 0 Å². The van der Waals surface area contributed by atoms with Gasteiger partial charge in [-0.3, -0.25) is 0 Å². The van der Waals surface area contributed by atoms with Crippen molar-refractivity contribution in [2.45, 2.75) is 32.6 Å². The quantitative estimate of drug-likeness (QED) is 0.810. The fourth-order valence-electron chi connectivity index (χ4n) is 2.38. The minimum absolute atomic E-state index is 0.0442. The smallest absolute Gasteiger partial charge is 0.129 e. The lowest BCUT2D eigenvalue weighted by molar-refractivity contribution is 0.143. The van der Waals surface area contributed by atoms with Crippen LogP contribution in [0.2, 0.25) is 0 Å². The van der Waals surface area contributed by atoms with Crippen molar-refractivity contribution in [2.75, 3.05) is 6.54 Å². The van der Waals surface area contributed by atoms with E-state index in [1.54, 1.807) is 0 Å². The highest BCUT2D eigenvalue weighted by atomic mass is 19.1. The molecule has 1 aromatic rings. The molecule has 1 aromatic carbocycles. The molecule has 82 valence electrons. The van der Waals surface area contributed by atoms with Crippen LogP contribution in [-0.2, 0) is 6.42 Å². The van der Waals surface area contributed by atoms with E-state index in [4.69, 9.17) is 5.73 Å². The Morgan fingerprint density at radius 2 is 2.13 bits per heavy atom. The number of aryl methyl sites for hydroxylation is 1. The number of hydrogen-bond acceptors (Lipinski definition) is 1. The number of halogens is 1. The van der Waals surface area contributed by atoms with Gasteiger partial charge in [-0.1, -0.05) is 24.6 Å². The maximum Gasteiger partial charge on any atom is 0.129 e. The van der Waals surface area contributed by atoms with E-state index in [1.807, 2.05) is 25.1 Å². The van der Waals surface area contributed by atoms with Crippen LogP contribution in [0.15, 0.2) is 18.2 Å². The Morgan fingerprint density at radius 3 is 2.67 bits per heavy atom. The van der Waals surface area contributed by atoms with Gasteiger partial charge in [0.2, 0.25) is 0 Å². The van der Waals surface area contributed by atoms with Crippen LogP contribution in [0.25, 0.3) is 0 Å². The van der Waals surface area contributed by atoms with Gasteiger partial charge in [-0.25, -0.2) is 4.39 Å². The summed E-state index contributed by atoms with van der Waals surface area (Å²) in [4.78, 5) is 0. The average Bonchev–Trinajstić information content (AvgIpc) is 2.18. The van der Waals surface area contributed by atoms with E-state index in [9.17, 15) is 4.39 Å². The van der Waals surface area contributed by atoms with E-state index in [0.717, 1.165) is 30.4 Å². The molecular formula is C13H18FN. The van der Waals surface area contributed by atoms with E-state index in [0.29, 0.717) is 6.54 Å². The van der Waals surface area contributed by atoms with Crippen molar-refractivity contribution in [3.8, 4) is 0 Å². The molecule has 2 heteroatoms. The highest BCUT2D eigenvalue weighted by Crippen LogP contribution is 2.43. The lowest BCUT2D eigenvalue weighted by atomic mass is 9.65. The Kier molecular flexibility index (Phi) is 2.79. The van der Waals surface area contributed by atoms with Crippen molar-refractivity contribution in [3.63, 3.8) is 0 Å². The molecule has 0 amide bonds. The van der Waals surface area contributed by atoms with Gasteiger partial charge in [-0.05, 0) is 49.3 Å². The highest BCUT2D eigenvalue weighted by Gasteiger charge is 2.36. The third-order valence-electron chi connectivity index (χ3n) is 3.68. The van der Waals surface area contributed by atoms with Gasteiger partial charge in [0.15, 0.2) is 0 Å². The molecule has 1 fully saturated rings. The Hall–Kier alpha value is -0.890. The van der Waals surface area contributed by atoms with Gasteiger partial charge < -0.3 is 5.73 Å². The average molecular weight is 207 g/mol. The first kappa shape index (κ1) is 10.6. The monoisotopic (exact) mass is 207 g/mol. The SMILES string of the molecule is Cc1cccc(CC2(CN)CCC2)c1F. The van der Waals surface area contributed by atoms with Crippen LogP contribution in [0.3, 0.4) is 0 Å². The molecule has 1 nitrogen and oxygen atoms in total. The summed E-state index contributed by atoms with van der Waals surface area (Å²) in [6, 6.07) is 5.63. The summed E-state index contributed by atoms with van der Waals surface area (Å²) < 4.78 is 13.8. The van der Waals surface area contributed by atoms with Gasteiger partial charge in [0.05, 0.1) is 0 Å². The van der Waals surface area contributed by atoms with Crippen molar-refractivity contribution in [1.29, 1.82) is 0 Å². The Balaban J connectivity index is 2.20. The number of rotatable bonds is 3. The van der Waals surface area contributed by atoms with Gasteiger partial charge in [0, 0.05) is 0 Å². The molecule has 2 rings (SSSR count). The maximum atomic E-state index is 13.8. The summed E-state index contributed by atoms with van der Waals surface area (Å²) in [5.74, 6) is -0.0442. The molecular weight excluding hydrogens is 189 g/mol. The summed E-state index contributed by atoms with van der Waals surface area (Å²) >= 11 is 0. The van der Waals surface area contributed by atoms with Crippen molar-refractivity contribution in [3.05, 3.63) is 35.1 Å². The molecule has 1 saturated carbocycles. The summed E-state index contributed by atoms with van der Waals surface area (Å²) in [6.45, 7) is 2.50. The predicted molar refractivity (Wildman–Crippen MR) is 60.2 cm³/mol. The van der Waals surface area contributed by atoms with Crippen LogP contribution in [0.4, 0.5) is 4.39 Å². The summed E-state index contributed by atoms with van der Waals surface area (Å²) in [7, 11) is 0. The molecule has 0 atom stereocenters. The first-order valence-corrected chi connectivity index (χ1v) is 5.61. The molecule has 0 radical (unpaired) electrons. The molecule has 0 bridgehead atoms. The van der Waals surface area contributed by atoms with Crippen molar-refractivity contribution < 1.29 is 4.39 Å². The van der Waals surface area contributed by atoms with Crippen molar-refractivity contribution in [2.24, 2.45) is 11.1 Å². The Bertz CT molecular complexity index is 350. The molecule has 0 aromatic heterocycles.